The molecule has 27 heavy (non-hydrogen) atoms. The zero-order valence-electron chi connectivity index (χ0n) is 15.3. The molecule has 1 unspecified atom stereocenters. The van der Waals surface area contributed by atoms with Crippen LogP contribution >= 0.6 is 0 Å². The van der Waals surface area contributed by atoms with Gasteiger partial charge in [0.2, 0.25) is 0 Å². The number of rotatable bonds is 6. The van der Waals surface area contributed by atoms with Crippen LogP contribution in [0.15, 0.2) is 60.8 Å². The number of fused-ring (bicyclic) bond motifs is 1. The van der Waals surface area contributed by atoms with Crippen LogP contribution in [-0.2, 0) is 32.0 Å². The molecule has 0 aliphatic rings. The molecule has 0 aliphatic carbocycles. The summed E-state index contributed by atoms with van der Waals surface area (Å²) < 4.78 is 16.9. The van der Waals surface area contributed by atoms with Crippen LogP contribution in [-0.4, -0.2) is 37.0 Å². The first kappa shape index (κ1) is 18.7. The van der Waals surface area contributed by atoms with Gasteiger partial charge in [0.25, 0.3) is 0 Å². The Morgan fingerprint density at radius 3 is 2.41 bits per heavy atom. The van der Waals surface area contributed by atoms with Crippen molar-refractivity contribution < 1.29 is 23.8 Å². The molecule has 0 N–H and O–H groups in total. The molecule has 0 saturated carbocycles. The third-order valence-corrected chi connectivity index (χ3v) is 4.35. The summed E-state index contributed by atoms with van der Waals surface area (Å²) in [5.41, 5.74) is 2.43. The van der Waals surface area contributed by atoms with Gasteiger partial charge in [-0.2, -0.15) is 0 Å². The van der Waals surface area contributed by atoms with E-state index in [1.807, 2.05) is 54.6 Å². The summed E-state index contributed by atoms with van der Waals surface area (Å²) in [5.74, 6) is -0.457. The van der Waals surface area contributed by atoms with Crippen LogP contribution in [0.2, 0.25) is 0 Å². The maximum absolute atomic E-state index is 12.6. The molecule has 6 heteroatoms. The van der Waals surface area contributed by atoms with Crippen LogP contribution in [0.4, 0.5) is 4.79 Å². The predicted molar refractivity (Wildman–Crippen MR) is 100 cm³/mol. The van der Waals surface area contributed by atoms with E-state index in [2.05, 4.69) is 0 Å². The van der Waals surface area contributed by atoms with E-state index in [9.17, 15) is 9.59 Å². The van der Waals surface area contributed by atoms with Gasteiger partial charge in [0.1, 0.15) is 6.61 Å². The molecule has 0 saturated heterocycles. The van der Waals surface area contributed by atoms with Crippen LogP contribution in [0.3, 0.4) is 0 Å². The Kier molecular flexibility index (Phi) is 5.88. The lowest BCUT2D eigenvalue weighted by atomic mass is 10.1. The molecule has 140 valence electrons. The highest BCUT2D eigenvalue weighted by Crippen LogP contribution is 2.24. The van der Waals surface area contributed by atoms with Crippen LogP contribution < -0.4 is 0 Å². The normalized spacial score (nSPS) is 11.9. The molecular weight excluding hydrogens is 346 g/mol. The number of nitrogens with zero attached hydrogens (tertiary/aromatic N) is 1. The van der Waals surface area contributed by atoms with Crippen LogP contribution in [0.25, 0.3) is 10.9 Å². The van der Waals surface area contributed by atoms with Crippen molar-refractivity contribution in [2.45, 2.75) is 19.1 Å². The van der Waals surface area contributed by atoms with Crippen LogP contribution in [0, 0.1) is 0 Å². The molecule has 1 atom stereocenters. The van der Waals surface area contributed by atoms with E-state index in [1.54, 1.807) is 6.20 Å². The number of hydrogen-bond acceptors (Lipinski definition) is 5. The second-order valence-electron chi connectivity index (χ2n) is 6.03. The highest BCUT2D eigenvalue weighted by Gasteiger charge is 2.22. The van der Waals surface area contributed by atoms with E-state index in [4.69, 9.17) is 14.2 Å². The highest BCUT2D eigenvalue weighted by atomic mass is 16.6. The Morgan fingerprint density at radius 1 is 1.00 bits per heavy atom. The summed E-state index contributed by atoms with van der Waals surface area (Å²) in [6.45, 7) is 0.185. The first-order valence-electron chi connectivity index (χ1n) is 8.54. The number of methoxy groups -OCH3 is 2. The largest absolute Gasteiger partial charge is 0.467 e. The molecule has 0 bridgehead atoms. The zero-order valence-corrected chi connectivity index (χ0v) is 15.3. The van der Waals surface area contributed by atoms with Crippen LogP contribution in [0.1, 0.15) is 11.1 Å². The maximum atomic E-state index is 12.6. The smallest absolute Gasteiger partial charge is 0.418 e. The molecule has 0 spiro atoms. The van der Waals surface area contributed by atoms with E-state index in [-0.39, 0.29) is 6.61 Å². The molecule has 1 aromatic heterocycles. The molecule has 1 heterocycles. The molecule has 0 fully saturated rings. The minimum Gasteiger partial charge on any atom is -0.467 e. The van der Waals surface area contributed by atoms with Crippen LogP contribution in [0.5, 0.6) is 0 Å². The van der Waals surface area contributed by atoms with Crippen molar-refractivity contribution in [2.24, 2.45) is 0 Å². The predicted octanol–water partition coefficient (Wildman–Crippen LogP) is 3.56. The maximum Gasteiger partial charge on any atom is 0.418 e. The fourth-order valence-corrected chi connectivity index (χ4v) is 2.95. The third-order valence-electron chi connectivity index (χ3n) is 4.35. The topological polar surface area (TPSA) is 66.8 Å². The van der Waals surface area contributed by atoms with Gasteiger partial charge in [-0.1, -0.05) is 48.5 Å². The molecule has 6 nitrogen and oxygen atoms in total. The van der Waals surface area contributed by atoms with E-state index < -0.39 is 18.2 Å². The average Bonchev–Trinajstić information content (AvgIpc) is 3.09. The Labute approximate surface area is 157 Å². The minimum absolute atomic E-state index is 0.185. The number of carbonyl (C=O) groups is 2. The second-order valence-corrected chi connectivity index (χ2v) is 6.03. The molecule has 0 radical (unpaired) electrons. The van der Waals surface area contributed by atoms with E-state index in [0.717, 1.165) is 16.5 Å². The third kappa shape index (κ3) is 4.17. The van der Waals surface area contributed by atoms with Gasteiger partial charge in [0.05, 0.1) is 12.6 Å². The standard InChI is InChI=1S/C21H21NO5/c1-25-19(20(23)26-2)12-16-13-22(18-11-7-6-10-17(16)18)21(24)27-14-15-8-4-3-5-9-15/h3-11,13,19H,12,14H2,1-2H3. The number of para-hydroxylation sites is 1. The number of benzene rings is 2. The van der Waals surface area contributed by atoms with Crippen molar-refractivity contribution in [3.05, 3.63) is 71.9 Å². The van der Waals surface area contributed by atoms with Crippen molar-refractivity contribution in [3.63, 3.8) is 0 Å². The van der Waals surface area contributed by atoms with E-state index in [1.165, 1.54) is 18.8 Å². The summed E-state index contributed by atoms with van der Waals surface area (Å²) in [7, 11) is 2.77. The lowest BCUT2D eigenvalue weighted by Crippen LogP contribution is -2.26. The fraction of sp³-hybridized carbons (Fsp3) is 0.238. The quantitative estimate of drug-likeness (QED) is 0.623. The Morgan fingerprint density at radius 2 is 1.70 bits per heavy atom. The van der Waals surface area contributed by atoms with Gasteiger partial charge >= 0.3 is 12.1 Å². The van der Waals surface area contributed by atoms with Crippen molar-refractivity contribution in [1.82, 2.24) is 4.57 Å². The Hall–Kier alpha value is -3.12. The van der Waals surface area contributed by atoms with E-state index >= 15 is 0 Å². The molecule has 2 aromatic carbocycles. The number of hydrogen-bond donors (Lipinski definition) is 0. The van der Waals surface area contributed by atoms with Gasteiger partial charge in [0, 0.05) is 25.1 Å². The molecule has 3 rings (SSSR count). The molecule has 0 amide bonds. The van der Waals surface area contributed by atoms with Gasteiger partial charge in [-0.15, -0.1) is 0 Å². The number of esters is 1. The lowest BCUT2D eigenvalue weighted by Gasteiger charge is -2.11. The SMILES string of the molecule is COC(=O)C(Cc1cn(C(=O)OCc2ccccc2)c2ccccc12)OC. The number of ether oxygens (including phenoxy) is 3. The van der Waals surface area contributed by atoms with Gasteiger partial charge < -0.3 is 14.2 Å². The lowest BCUT2D eigenvalue weighted by molar-refractivity contribution is -0.152. The van der Waals surface area contributed by atoms with Crippen molar-refractivity contribution in [3.8, 4) is 0 Å². The fourth-order valence-electron chi connectivity index (χ4n) is 2.95. The summed E-state index contributed by atoms with van der Waals surface area (Å²) in [6, 6.07) is 16.9. The van der Waals surface area contributed by atoms with Crippen molar-refractivity contribution in [1.29, 1.82) is 0 Å². The van der Waals surface area contributed by atoms with Crippen molar-refractivity contribution >= 4 is 23.0 Å². The van der Waals surface area contributed by atoms with Gasteiger partial charge in [-0.25, -0.2) is 9.59 Å². The molecular formula is C21H21NO5. The minimum atomic E-state index is -0.741. The van der Waals surface area contributed by atoms with Gasteiger partial charge in [0.15, 0.2) is 6.10 Å². The summed E-state index contributed by atoms with van der Waals surface area (Å²) in [6.07, 6.45) is 0.762. The Balaban J connectivity index is 1.85. The zero-order chi connectivity index (χ0) is 19.2. The van der Waals surface area contributed by atoms with Gasteiger partial charge in [-0.05, 0) is 17.2 Å². The summed E-state index contributed by atoms with van der Waals surface area (Å²) in [5, 5.41) is 0.861. The molecule has 0 aliphatic heterocycles. The van der Waals surface area contributed by atoms with Crippen molar-refractivity contribution in [2.75, 3.05) is 14.2 Å². The Bertz CT molecular complexity index is 932. The highest BCUT2D eigenvalue weighted by molar-refractivity contribution is 5.92. The second kappa shape index (κ2) is 8.51. The van der Waals surface area contributed by atoms with Gasteiger partial charge in [-0.3, -0.25) is 4.57 Å². The number of aromatic nitrogens is 1. The summed E-state index contributed by atoms with van der Waals surface area (Å²) in [4.78, 5) is 24.4. The van der Waals surface area contributed by atoms with E-state index in [0.29, 0.717) is 11.9 Å². The monoisotopic (exact) mass is 367 g/mol. The average molecular weight is 367 g/mol. The number of carbonyl (C=O) groups excluding carboxylic acids is 2. The first-order chi connectivity index (χ1) is 13.1. The first-order valence-corrected chi connectivity index (χ1v) is 8.54. The molecule has 3 aromatic rings. The summed E-state index contributed by atoms with van der Waals surface area (Å²) >= 11 is 0.